The van der Waals surface area contributed by atoms with Gasteiger partial charge in [0.05, 0.1) is 6.61 Å². The van der Waals surface area contributed by atoms with Gasteiger partial charge < -0.3 is 15.0 Å². The summed E-state index contributed by atoms with van der Waals surface area (Å²) in [5.41, 5.74) is 0. The van der Waals surface area contributed by atoms with Gasteiger partial charge in [0.2, 0.25) is 5.88 Å². The Labute approximate surface area is 135 Å². The first kappa shape index (κ1) is 18.7. The summed E-state index contributed by atoms with van der Waals surface area (Å²) in [5, 5.41) is 3.40. The summed E-state index contributed by atoms with van der Waals surface area (Å²) < 4.78 is 5.53. The van der Waals surface area contributed by atoms with Crippen molar-refractivity contribution >= 4 is 5.82 Å². The zero-order chi connectivity index (χ0) is 16.4. The monoisotopic (exact) mass is 308 g/mol. The lowest BCUT2D eigenvalue weighted by atomic mass is 10.2. The number of rotatable bonds is 11. The minimum atomic E-state index is 0.295. The SMILES string of the molecule is CCOc1cc(NCCCCN(CC)CC)nc(C(C)C)n1. The van der Waals surface area contributed by atoms with Crippen LogP contribution in [-0.4, -0.2) is 47.7 Å². The molecule has 1 N–H and O–H groups in total. The van der Waals surface area contributed by atoms with Crippen molar-refractivity contribution in [1.82, 2.24) is 14.9 Å². The third-order valence-electron chi connectivity index (χ3n) is 3.63. The third-order valence-corrected chi connectivity index (χ3v) is 3.63. The van der Waals surface area contributed by atoms with E-state index in [0.717, 1.165) is 37.7 Å². The highest BCUT2D eigenvalue weighted by Gasteiger charge is 2.08. The standard InChI is InChI=1S/C17H32N4O/c1-6-21(7-2)12-10-9-11-18-15-13-16(22-8-3)20-17(19-15)14(4)5/h13-14H,6-12H2,1-5H3,(H,18,19,20). The number of nitrogens with one attached hydrogen (secondary N) is 1. The Bertz CT molecular complexity index is 419. The average molecular weight is 308 g/mol. The molecule has 0 atom stereocenters. The number of hydrogen-bond donors (Lipinski definition) is 1. The number of nitrogens with zero attached hydrogens (tertiary/aromatic N) is 3. The Hall–Kier alpha value is -1.36. The van der Waals surface area contributed by atoms with Crippen LogP contribution < -0.4 is 10.1 Å². The number of aromatic nitrogens is 2. The fourth-order valence-electron chi connectivity index (χ4n) is 2.23. The molecule has 1 aromatic rings. The van der Waals surface area contributed by atoms with Gasteiger partial charge >= 0.3 is 0 Å². The second-order valence-corrected chi connectivity index (χ2v) is 5.70. The highest BCUT2D eigenvalue weighted by atomic mass is 16.5. The van der Waals surface area contributed by atoms with Gasteiger partial charge in [-0.05, 0) is 39.4 Å². The van der Waals surface area contributed by atoms with E-state index in [0.29, 0.717) is 18.4 Å². The van der Waals surface area contributed by atoms with Crippen LogP contribution in [0.3, 0.4) is 0 Å². The molecule has 1 aromatic heterocycles. The van der Waals surface area contributed by atoms with Gasteiger partial charge in [-0.25, -0.2) is 4.98 Å². The first-order valence-corrected chi connectivity index (χ1v) is 8.58. The fourth-order valence-corrected chi connectivity index (χ4v) is 2.23. The van der Waals surface area contributed by atoms with Gasteiger partial charge in [-0.3, -0.25) is 0 Å². The Balaban J connectivity index is 2.47. The first-order valence-electron chi connectivity index (χ1n) is 8.58. The third kappa shape index (κ3) is 6.60. The van der Waals surface area contributed by atoms with Crippen molar-refractivity contribution in [3.63, 3.8) is 0 Å². The Morgan fingerprint density at radius 2 is 1.86 bits per heavy atom. The lowest BCUT2D eigenvalue weighted by Crippen LogP contribution is -2.24. The van der Waals surface area contributed by atoms with Crippen LogP contribution in [0.15, 0.2) is 6.07 Å². The van der Waals surface area contributed by atoms with Gasteiger partial charge in [0.1, 0.15) is 11.6 Å². The molecule has 0 aromatic carbocycles. The minimum Gasteiger partial charge on any atom is -0.478 e. The lowest BCUT2D eigenvalue weighted by Gasteiger charge is -2.17. The van der Waals surface area contributed by atoms with E-state index in [1.807, 2.05) is 13.0 Å². The maximum absolute atomic E-state index is 5.53. The first-order chi connectivity index (χ1) is 10.6. The minimum absolute atomic E-state index is 0.295. The summed E-state index contributed by atoms with van der Waals surface area (Å²) in [5.74, 6) is 2.65. The predicted octanol–water partition coefficient (Wildman–Crippen LogP) is 3.53. The molecule has 0 aliphatic rings. The molecule has 0 saturated carbocycles. The quantitative estimate of drug-likeness (QED) is 0.634. The molecule has 0 fully saturated rings. The van der Waals surface area contributed by atoms with E-state index in [4.69, 9.17) is 4.74 Å². The van der Waals surface area contributed by atoms with Gasteiger partial charge in [-0.2, -0.15) is 4.98 Å². The van der Waals surface area contributed by atoms with Gasteiger partial charge in [0.15, 0.2) is 0 Å². The molecule has 5 nitrogen and oxygen atoms in total. The van der Waals surface area contributed by atoms with Gasteiger partial charge in [0.25, 0.3) is 0 Å². The van der Waals surface area contributed by atoms with Crippen molar-refractivity contribution in [2.75, 3.05) is 38.1 Å². The van der Waals surface area contributed by atoms with Crippen LogP contribution >= 0.6 is 0 Å². The number of unbranched alkanes of at least 4 members (excludes halogenated alkanes) is 1. The molecule has 0 aliphatic carbocycles. The molecule has 1 heterocycles. The molecular formula is C17H32N4O. The Morgan fingerprint density at radius 3 is 2.45 bits per heavy atom. The summed E-state index contributed by atoms with van der Waals surface area (Å²) in [7, 11) is 0. The Morgan fingerprint density at radius 1 is 1.14 bits per heavy atom. The van der Waals surface area contributed by atoms with Gasteiger partial charge in [-0.15, -0.1) is 0 Å². The van der Waals surface area contributed by atoms with Crippen LogP contribution in [0.5, 0.6) is 5.88 Å². The largest absolute Gasteiger partial charge is 0.478 e. The van der Waals surface area contributed by atoms with Crippen LogP contribution in [0, 0.1) is 0 Å². The van der Waals surface area contributed by atoms with Crippen molar-refractivity contribution in [3.05, 3.63) is 11.9 Å². The van der Waals surface area contributed by atoms with Gasteiger partial charge in [-0.1, -0.05) is 27.7 Å². The molecule has 0 saturated heterocycles. The normalized spacial score (nSPS) is 11.2. The average Bonchev–Trinajstić information content (AvgIpc) is 2.51. The number of anilines is 1. The molecule has 0 unspecified atom stereocenters. The summed E-state index contributed by atoms with van der Waals surface area (Å²) in [6.07, 6.45) is 2.34. The maximum atomic E-state index is 5.53. The summed E-state index contributed by atoms with van der Waals surface area (Å²) in [4.78, 5) is 11.5. The van der Waals surface area contributed by atoms with Crippen LogP contribution in [-0.2, 0) is 0 Å². The van der Waals surface area contributed by atoms with E-state index in [1.54, 1.807) is 0 Å². The lowest BCUT2D eigenvalue weighted by molar-refractivity contribution is 0.298. The molecular weight excluding hydrogens is 276 g/mol. The van der Waals surface area contributed by atoms with E-state index >= 15 is 0 Å². The van der Waals surface area contributed by atoms with Crippen molar-refractivity contribution in [2.24, 2.45) is 0 Å². The Kier molecular flexibility index (Phi) is 8.82. The van der Waals surface area contributed by atoms with E-state index in [-0.39, 0.29) is 0 Å². The molecule has 1 rings (SSSR count). The zero-order valence-electron chi connectivity index (χ0n) is 14.9. The van der Waals surface area contributed by atoms with Crippen LogP contribution in [0.1, 0.15) is 59.2 Å². The van der Waals surface area contributed by atoms with E-state index in [2.05, 4.69) is 47.9 Å². The molecule has 5 heteroatoms. The van der Waals surface area contributed by atoms with Crippen molar-refractivity contribution in [1.29, 1.82) is 0 Å². The second-order valence-electron chi connectivity index (χ2n) is 5.70. The fraction of sp³-hybridized carbons (Fsp3) is 0.765. The number of ether oxygens (including phenoxy) is 1. The molecule has 126 valence electrons. The molecule has 0 amide bonds. The smallest absolute Gasteiger partial charge is 0.218 e. The van der Waals surface area contributed by atoms with Crippen molar-refractivity contribution in [2.45, 2.75) is 53.4 Å². The molecule has 0 bridgehead atoms. The predicted molar refractivity (Wildman–Crippen MR) is 92.8 cm³/mol. The number of hydrogen-bond acceptors (Lipinski definition) is 5. The van der Waals surface area contributed by atoms with E-state index < -0.39 is 0 Å². The highest BCUT2D eigenvalue weighted by Crippen LogP contribution is 2.18. The van der Waals surface area contributed by atoms with Gasteiger partial charge in [0, 0.05) is 18.5 Å². The summed E-state index contributed by atoms with van der Waals surface area (Å²) in [6.45, 7) is 15.6. The second kappa shape index (κ2) is 10.4. The van der Waals surface area contributed by atoms with Crippen LogP contribution in [0.2, 0.25) is 0 Å². The summed E-state index contributed by atoms with van der Waals surface area (Å²) >= 11 is 0. The van der Waals surface area contributed by atoms with Crippen molar-refractivity contribution < 1.29 is 4.74 Å². The summed E-state index contributed by atoms with van der Waals surface area (Å²) in [6, 6.07) is 1.89. The molecule has 22 heavy (non-hydrogen) atoms. The maximum Gasteiger partial charge on any atom is 0.218 e. The van der Waals surface area contributed by atoms with Crippen LogP contribution in [0.25, 0.3) is 0 Å². The van der Waals surface area contributed by atoms with E-state index in [1.165, 1.54) is 13.0 Å². The van der Waals surface area contributed by atoms with Crippen LogP contribution in [0.4, 0.5) is 5.82 Å². The molecule has 0 spiro atoms. The topological polar surface area (TPSA) is 50.3 Å². The highest BCUT2D eigenvalue weighted by molar-refractivity contribution is 5.38. The molecule has 0 aliphatic heterocycles. The van der Waals surface area contributed by atoms with Crippen molar-refractivity contribution in [3.8, 4) is 5.88 Å². The zero-order valence-corrected chi connectivity index (χ0v) is 14.9. The van der Waals surface area contributed by atoms with E-state index in [9.17, 15) is 0 Å². The molecule has 0 radical (unpaired) electrons.